The van der Waals surface area contributed by atoms with E-state index >= 15 is 0 Å². The molecule has 3 rings (SSSR count). The van der Waals surface area contributed by atoms with Crippen LogP contribution < -0.4 is 11.2 Å². The number of anilines is 1. The number of pyridine rings is 1. The Bertz CT molecular complexity index is 760. The summed E-state index contributed by atoms with van der Waals surface area (Å²) in [5.41, 5.74) is 8.92. The average Bonchev–Trinajstić information content (AvgIpc) is 2.41. The van der Waals surface area contributed by atoms with E-state index in [-0.39, 0.29) is 5.43 Å². The third-order valence-corrected chi connectivity index (χ3v) is 2.98. The summed E-state index contributed by atoms with van der Waals surface area (Å²) in [6, 6.07) is 16.7. The van der Waals surface area contributed by atoms with Crippen molar-refractivity contribution in [2.45, 2.75) is 0 Å². The van der Waals surface area contributed by atoms with Gasteiger partial charge in [-0.1, -0.05) is 36.4 Å². The molecule has 0 saturated carbocycles. The van der Waals surface area contributed by atoms with E-state index in [1.807, 2.05) is 30.3 Å². The second-order valence-electron chi connectivity index (χ2n) is 4.18. The molecular weight excluding hydrogens is 224 g/mol. The van der Waals surface area contributed by atoms with Crippen LogP contribution in [0.4, 0.5) is 5.69 Å². The molecule has 0 fully saturated rings. The fourth-order valence-corrected chi connectivity index (χ4v) is 2.07. The molecule has 0 aliphatic rings. The highest BCUT2D eigenvalue weighted by molar-refractivity contribution is 5.90. The molecule has 0 atom stereocenters. The summed E-state index contributed by atoms with van der Waals surface area (Å²) in [6.45, 7) is 0. The predicted molar refractivity (Wildman–Crippen MR) is 74.4 cm³/mol. The number of aromatic amines is 1. The molecule has 88 valence electrons. The van der Waals surface area contributed by atoms with Crippen LogP contribution in [0.15, 0.2) is 59.4 Å². The Hall–Kier alpha value is -2.55. The fraction of sp³-hybridized carbons (Fsp3) is 0. The Labute approximate surface area is 104 Å². The number of H-pyrrole nitrogens is 1. The van der Waals surface area contributed by atoms with E-state index in [0.29, 0.717) is 16.6 Å². The maximum absolute atomic E-state index is 12.0. The molecule has 1 heterocycles. The summed E-state index contributed by atoms with van der Waals surface area (Å²) in [5.74, 6) is 0. The lowest BCUT2D eigenvalue weighted by Crippen LogP contribution is -2.04. The Balaban J connectivity index is 2.34. The van der Waals surface area contributed by atoms with Crippen LogP contribution in [0.2, 0.25) is 0 Å². The van der Waals surface area contributed by atoms with Crippen LogP contribution in [-0.2, 0) is 0 Å². The van der Waals surface area contributed by atoms with E-state index in [2.05, 4.69) is 4.98 Å². The van der Waals surface area contributed by atoms with Crippen molar-refractivity contribution in [3.8, 4) is 11.3 Å². The van der Waals surface area contributed by atoms with Gasteiger partial charge in [-0.05, 0) is 17.7 Å². The third kappa shape index (κ3) is 1.66. The minimum atomic E-state index is -0.0186. The molecule has 0 bridgehead atoms. The van der Waals surface area contributed by atoms with Crippen molar-refractivity contribution in [2.75, 3.05) is 5.73 Å². The van der Waals surface area contributed by atoms with Crippen molar-refractivity contribution in [3.63, 3.8) is 0 Å². The quantitative estimate of drug-likeness (QED) is 0.638. The molecule has 3 N–H and O–H groups in total. The van der Waals surface area contributed by atoms with Gasteiger partial charge in [0, 0.05) is 17.1 Å². The van der Waals surface area contributed by atoms with Crippen LogP contribution in [0, 0.1) is 0 Å². The lowest BCUT2D eigenvalue weighted by Gasteiger charge is -2.06. The topological polar surface area (TPSA) is 58.9 Å². The van der Waals surface area contributed by atoms with Crippen molar-refractivity contribution in [2.24, 2.45) is 0 Å². The van der Waals surface area contributed by atoms with E-state index in [9.17, 15) is 4.79 Å². The maximum atomic E-state index is 12.0. The summed E-state index contributed by atoms with van der Waals surface area (Å²) in [5, 5.41) is 0.620. The fourth-order valence-electron chi connectivity index (χ4n) is 2.07. The maximum Gasteiger partial charge on any atom is 0.190 e. The molecule has 3 aromatic rings. The van der Waals surface area contributed by atoms with E-state index in [1.165, 1.54) is 0 Å². The highest BCUT2D eigenvalue weighted by Crippen LogP contribution is 2.21. The molecule has 0 unspecified atom stereocenters. The Morgan fingerprint density at radius 1 is 0.944 bits per heavy atom. The Kier molecular flexibility index (Phi) is 2.38. The monoisotopic (exact) mass is 236 g/mol. The SMILES string of the molecule is Nc1cccc2c(=O)cc(-c3ccccc3)[nH]c12. The number of hydrogen-bond donors (Lipinski definition) is 2. The summed E-state index contributed by atoms with van der Waals surface area (Å²) in [7, 11) is 0. The normalized spacial score (nSPS) is 10.7. The van der Waals surface area contributed by atoms with Gasteiger partial charge in [-0.2, -0.15) is 0 Å². The number of hydrogen-bond acceptors (Lipinski definition) is 2. The Morgan fingerprint density at radius 3 is 2.50 bits per heavy atom. The van der Waals surface area contributed by atoms with Crippen LogP contribution in [0.25, 0.3) is 22.2 Å². The molecule has 0 radical (unpaired) electrons. The summed E-state index contributed by atoms with van der Waals surface area (Å²) < 4.78 is 0. The first-order valence-corrected chi connectivity index (χ1v) is 5.72. The Morgan fingerprint density at radius 2 is 1.72 bits per heavy atom. The number of nitrogen functional groups attached to an aromatic ring is 1. The molecule has 18 heavy (non-hydrogen) atoms. The van der Waals surface area contributed by atoms with E-state index in [0.717, 1.165) is 11.3 Å². The van der Waals surface area contributed by atoms with Crippen LogP contribution in [0.3, 0.4) is 0 Å². The lowest BCUT2D eigenvalue weighted by molar-refractivity contribution is 1.38. The largest absolute Gasteiger partial charge is 0.397 e. The third-order valence-electron chi connectivity index (χ3n) is 2.98. The highest BCUT2D eigenvalue weighted by atomic mass is 16.1. The first-order chi connectivity index (χ1) is 8.75. The standard InChI is InChI=1S/C15H12N2O/c16-12-8-4-7-11-14(18)9-13(17-15(11)12)10-5-2-1-3-6-10/h1-9H,16H2,(H,17,18). The molecular formula is C15H12N2O. The molecule has 0 aliphatic heterocycles. The zero-order valence-corrected chi connectivity index (χ0v) is 9.68. The van der Waals surface area contributed by atoms with Gasteiger partial charge in [-0.3, -0.25) is 4.79 Å². The van der Waals surface area contributed by atoms with Crippen molar-refractivity contribution in [1.82, 2.24) is 4.98 Å². The van der Waals surface area contributed by atoms with Gasteiger partial charge in [0.05, 0.1) is 11.2 Å². The second-order valence-corrected chi connectivity index (χ2v) is 4.18. The number of rotatable bonds is 1. The number of nitrogens with one attached hydrogen (secondary N) is 1. The van der Waals surface area contributed by atoms with Gasteiger partial charge < -0.3 is 10.7 Å². The second kappa shape index (κ2) is 4.04. The van der Waals surface area contributed by atoms with Crippen LogP contribution in [0.5, 0.6) is 0 Å². The molecule has 0 aliphatic carbocycles. The van der Waals surface area contributed by atoms with Crippen LogP contribution >= 0.6 is 0 Å². The summed E-state index contributed by atoms with van der Waals surface area (Å²) in [6.07, 6.45) is 0. The molecule has 3 heteroatoms. The minimum Gasteiger partial charge on any atom is -0.397 e. The molecule has 3 nitrogen and oxygen atoms in total. The van der Waals surface area contributed by atoms with Gasteiger partial charge in [-0.15, -0.1) is 0 Å². The first kappa shape index (κ1) is 10.6. The van der Waals surface area contributed by atoms with E-state index in [1.54, 1.807) is 24.3 Å². The van der Waals surface area contributed by atoms with Crippen molar-refractivity contribution in [3.05, 3.63) is 64.8 Å². The number of para-hydroxylation sites is 1. The van der Waals surface area contributed by atoms with Crippen molar-refractivity contribution >= 4 is 16.6 Å². The molecule has 1 aromatic heterocycles. The number of fused-ring (bicyclic) bond motifs is 1. The van der Waals surface area contributed by atoms with Gasteiger partial charge in [0.25, 0.3) is 0 Å². The predicted octanol–water partition coefficient (Wildman–Crippen LogP) is 2.78. The van der Waals surface area contributed by atoms with Gasteiger partial charge in [0.2, 0.25) is 0 Å². The smallest absolute Gasteiger partial charge is 0.190 e. The van der Waals surface area contributed by atoms with Gasteiger partial charge in [0.15, 0.2) is 5.43 Å². The van der Waals surface area contributed by atoms with Gasteiger partial charge in [-0.25, -0.2) is 0 Å². The number of nitrogens with two attached hydrogens (primary N) is 1. The average molecular weight is 236 g/mol. The zero-order valence-electron chi connectivity index (χ0n) is 9.68. The molecule has 0 saturated heterocycles. The minimum absolute atomic E-state index is 0.0186. The molecule has 0 spiro atoms. The molecule has 2 aromatic carbocycles. The number of benzene rings is 2. The molecule has 0 amide bonds. The van der Waals surface area contributed by atoms with Crippen molar-refractivity contribution in [1.29, 1.82) is 0 Å². The lowest BCUT2D eigenvalue weighted by atomic mass is 10.1. The van der Waals surface area contributed by atoms with Gasteiger partial charge >= 0.3 is 0 Å². The zero-order chi connectivity index (χ0) is 12.5. The summed E-state index contributed by atoms with van der Waals surface area (Å²) in [4.78, 5) is 15.3. The van der Waals surface area contributed by atoms with Crippen LogP contribution in [0.1, 0.15) is 0 Å². The number of aromatic nitrogens is 1. The first-order valence-electron chi connectivity index (χ1n) is 5.72. The van der Waals surface area contributed by atoms with Crippen LogP contribution in [-0.4, -0.2) is 4.98 Å². The van der Waals surface area contributed by atoms with E-state index in [4.69, 9.17) is 5.73 Å². The summed E-state index contributed by atoms with van der Waals surface area (Å²) >= 11 is 0. The van der Waals surface area contributed by atoms with E-state index < -0.39 is 0 Å². The van der Waals surface area contributed by atoms with Crippen molar-refractivity contribution < 1.29 is 0 Å². The highest BCUT2D eigenvalue weighted by Gasteiger charge is 2.05. The van der Waals surface area contributed by atoms with Gasteiger partial charge in [0.1, 0.15) is 0 Å².